The number of carbonyl (C=O) groups is 5. The second kappa shape index (κ2) is 45.5. The van der Waals surface area contributed by atoms with E-state index in [-0.39, 0.29) is 43.4 Å². The maximum atomic E-state index is 13.1. The van der Waals surface area contributed by atoms with E-state index in [4.69, 9.17) is 23.7 Å². The van der Waals surface area contributed by atoms with Crippen LogP contribution in [0.15, 0.2) is 0 Å². The molecule has 0 amide bonds. The first-order chi connectivity index (χ1) is 31.1. The molecule has 0 saturated heterocycles. The summed E-state index contributed by atoms with van der Waals surface area (Å²) >= 11 is 0. The lowest BCUT2D eigenvalue weighted by molar-refractivity contribution is -0.172. The van der Waals surface area contributed by atoms with Gasteiger partial charge in [-0.25, -0.2) is 4.79 Å². The highest BCUT2D eigenvalue weighted by Gasteiger charge is 2.28. The number of nitrogens with zero attached hydrogens (tertiary/aromatic N) is 1. The van der Waals surface area contributed by atoms with Crippen molar-refractivity contribution in [1.29, 1.82) is 0 Å². The highest BCUT2D eigenvalue weighted by atomic mass is 16.6. The molecule has 0 aromatic rings. The molecule has 0 bridgehead atoms. The summed E-state index contributed by atoms with van der Waals surface area (Å²) in [6, 6.07) is 0. The van der Waals surface area contributed by atoms with Gasteiger partial charge in [-0.1, -0.05) is 169 Å². The van der Waals surface area contributed by atoms with Gasteiger partial charge in [-0.3, -0.25) is 19.2 Å². The number of hydrogen-bond donors (Lipinski definition) is 0. The minimum atomic E-state index is -1.39. The maximum Gasteiger partial charge on any atom is 0.348 e. The van der Waals surface area contributed by atoms with Gasteiger partial charge >= 0.3 is 29.8 Å². The van der Waals surface area contributed by atoms with E-state index in [9.17, 15) is 24.0 Å². The van der Waals surface area contributed by atoms with Gasteiger partial charge in [0.15, 0.2) is 0 Å². The summed E-state index contributed by atoms with van der Waals surface area (Å²) in [7, 11) is 3.87. The van der Waals surface area contributed by atoms with Crippen LogP contribution in [-0.4, -0.2) is 87.9 Å². The number of unbranched alkanes of at least 4 members (excludes halogenated alkanes) is 21. The Morgan fingerprint density at radius 2 is 0.719 bits per heavy atom. The van der Waals surface area contributed by atoms with Crippen molar-refractivity contribution in [3.63, 3.8) is 0 Å². The van der Waals surface area contributed by atoms with Crippen molar-refractivity contribution in [2.24, 2.45) is 11.8 Å². The summed E-state index contributed by atoms with van der Waals surface area (Å²) in [5.41, 5.74) is 0. The fraction of sp³-hybridized carbons (Fsp3) is 0.906. The Hall–Kier alpha value is -2.69. The molecule has 3 atom stereocenters. The van der Waals surface area contributed by atoms with Gasteiger partial charge in [-0.15, -0.1) is 0 Å². The van der Waals surface area contributed by atoms with E-state index >= 15 is 0 Å². The molecule has 11 nitrogen and oxygen atoms in total. The lowest BCUT2D eigenvalue weighted by Crippen LogP contribution is -2.32. The second-order valence-electron chi connectivity index (χ2n) is 18.5. The summed E-state index contributed by atoms with van der Waals surface area (Å²) in [5.74, 6) is -2.19. The van der Waals surface area contributed by atoms with Gasteiger partial charge in [0.25, 0.3) is 0 Å². The Kier molecular flexibility index (Phi) is 43.6. The van der Waals surface area contributed by atoms with Gasteiger partial charge in [0.1, 0.15) is 0 Å². The first-order valence-corrected chi connectivity index (χ1v) is 26.6. The molecule has 64 heavy (non-hydrogen) atoms. The fourth-order valence-electron chi connectivity index (χ4n) is 7.86. The first-order valence-electron chi connectivity index (χ1n) is 26.6. The molecule has 0 spiro atoms. The van der Waals surface area contributed by atoms with E-state index in [0.29, 0.717) is 45.3 Å². The van der Waals surface area contributed by atoms with E-state index in [1.807, 2.05) is 19.0 Å². The third-order valence-corrected chi connectivity index (χ3v) is 12.0. The minimum absolute atomic E-state index is 0.0217. The molecule has 0 aliphatic carbocycles. The van der Waals surface area contributed by atoms with Gasteiger partial charge in [0.2, 0.25) is 6.10 Å². The predicted molar refractivity (Wildman–Crippen MR) is 259 cm³/mol. The van der Waals surface area contributed by atoms with Crippen LogP contribution in [0.2, 0.25) is 0 Å². The molecule has 11 heteroatoms. The van der Waals surface area contributed by atoms with Crippen molar-refractivity contribution >= 4 is 29.8 Å². The van der Waals surface area contributed by atoms with Crippen LogP contribution >= 0.6 is 0 Å². The van der Waals surface area contributed by atoms with Crippen molar-refractivity contribution in [2.75, 3.05) is 47.1 Å². The normalized spacial score (nSPS) is 12.7. The van der Waals surface area contributed by atoms with Crippen molar-refractivity contribution in [3.05, 3.63) is 0 Å². The van der Waals surface area contributed by atoms with E-state index in [1.165, 1.54) is 83.5 Å². The molecule has 0 aromatic heterocycles. The second-order valence-corrected chi connectivity index (χ2v) is 18.5. The molecule has 0 aliphatic heterocycles. The average Bonchev–Trinajstić information content (AvgIpc) is 3.27. The quantitative estimate of drug-likeness (QED) is 0.0328. The number of hydrogen-bond acceptors (Lipinski definition) is 11. The van der Waals surface area contributed by atoms with E-state index < -0.39 is 30.4 Å². The van der Waals surface area contributed by atoms with Gasteiger partial charge in [0, 0.05) is 13.0 Å². The Bertz CT molecular complexity index is 1130. The van der Waals surface area contributed by atoms with E-state index in [1.54, 1.807) is 0 Å². The zero-order chi connectivity index (χ0) is 47.3. The Morgan fingerprint density at radius 3 is 1.16 bits per heavy atom. The van der Waals surface area contributed by atoms with Crippen LogP contribution < -0.4 is 0 Å². The number of rotatable bonds is 47. The highest BCUT2D eigenvalue weighted by molar-refractivity contribution is 5.84. The Morgan fingerprint density at radius 1 is 0.375 bits per heavy atom. The average molecular weight is 910 g/mol. The van der Waals surface area contributed by atoms with Gasteiger partial charge in [-0.2, -0.15) is 0 Å². The van der Waals surface area contributed by atoms with Crippen LogP contribution in [0, 0.1) is 11.8 Å². The minimum Gasteiger partial charge on any atom is -0.466 e. The topological polar surface area (TPSA) is 135 Å². The van der Waals surface area contributed by atoms with Crippen molar-refractivity contribution in [1.82, 2.24) is 4.90 Å². The van der Waals surface area contributed by atoms with Crippen LogP contribution in [0.1, 0.15) is 246 Å². The van der Waals surface area contributed by atoms with Crippen molar-refractivity contribution in [3.8, 4) is 0 Å². The number of carbonyl (C=O) groups excluding carboxylic acids is 5. The molecule has 2 unspecified atom stereocenters. The molecule has 376 valence electrons. The van der Waals surface area contributed by atoms with E-state index in [2.05, 4.69) is 27.7 Å². The zero-order valence-electron chi connectivity index (χ0n) is 42.3. The fourth-order valence-corrected chi connectivity index (χ4v) is 7.86. The van der Waals surface area contributed by atoms with Gasteiger partial charge in [-0.05, 0) is 78.3 Å². The SMILES string of the molecule is CCCCCCCCC(CCCCCC)C(=O)OCCCCCCC(=O)O[C@@H](CC(=O)OCCCN(C)C)C(=O)OCCCCCOC(=O)C(CCCCCC)CCCCCCCC. The van der Waals surface area contributed by atoms with Crippen molar-refractivity contribution < 1.29 is 47.7 Å². The molecule has 0 aliphatic rings. The lowest BCUT2D eigenvalue weighted by Gasteiger charge is -2.17. The lowest BCUT2D eigenvalue weighted by atomic mass is 9.94. The van der Waals surface area contributed by atoms with Gasteiger partial charge < -0.3 is 28.6 Å². The standard InChI is InChI=1S/C53H99NO10/c1-7-11-15-19-21-28-37-46(35-26-17-13-9-3)51(57)61-41-31-24-23-30-39-49(55)64-48(45-50(56)60-44-34-40-54(5)6)53(59)63-43-33-25-32-42-62-52(58)47(36-27-18-14-10-4)38-29-22-20-16-12-8-2/h46-48H,7-45H2,1-6H3/t46?,47?,48-/m0/s1. The zero-order valence-corrected chi connectivity index (χ0v) is 42.3. The van der Waals surface area contributed by atoms with Gasteiger partial charge in [0.05, 0.1) is 44.7 Å². The number of esters is 5. The van der Waals surface area contributed by atoms with Crippen molar-refractivity contribution in [2.45, 2.75) is 252 Å². The molecular weight excluding hydrogens is 811 g/mol. The first kappa shape index (κ1) is 61.3. The summed E-state index contributed by atoms with van der Waals surface area (Å²) in [4.78, 5) is 66.6. The predicted octanol–water partition coefficient (Wildman–Crippen LogP) is 13.2. The summed E-state index contributed by atoms with van der Waals surface area (Å²) in [6.45, 7) is 10.6. The Balaban J connectivity index is 4.82. The monoisotopic (exact) mass is 910 g/mol. The van der Waals surface area contributed by atoms with Crippen LogP contribution in [0.3, 0.4) is 0 Å². The summed E-state index contributed by atoms with van der Waals surface area (Å²) in [6.07, 6.45) is 30.8. The van der Waals surface area contributed by atoms with Crippen LogP contribution in [0.4, 0.5) is 0 Å². The molecule has 0 saturated carbocycles. The molecule has 0 heterocycles. The molecule has 0 aromatic carbocycles. The third-order valence-electron chi connectivity index (χ3n) is 12.0. The molecule has 0 fully saturated rings. The van der Waals surface area contributed by atoms with Crippen LogP contribution in [0.25, 0.3) is 0 Å². The largest absolute Gasteiger partial charge is 0.466 e. The summed E-state index contributed by atoms with van der Waals surface area (Å²) in [5, 5.41) is 0. The molecular formula is C53H99NO10. The smallest absolute Gasteiger partial charge is 0.348 e. The highest BCUT2D eigenvalue weighted by Crippen LogP contribution is 2.22. The summed E-state index contributed by atoms with van der Waals surface area (Å²) < 4.78 is 27.7. The van der Waals surface area contributed by atoms with Crippen LogP contribution in [-0.2, 0) is 47.7 Å². The Labute approximate surface area is 392 Å². The third kappa shape index (κ3) is 38.6. The number of ether oxygens (including phenoxy) is 5. The molecule has 0 radical (unpaired) electrons. The molecule has 0 rings (SSSR count). The maximum absolute atomic E-state index is 13.1. The van der Waals surface area contributed by atoms with Crippen LogP contribution in [0.5, 0.6) is 0 Å². The molecule has 0 N–H and O–H groups in total. The van der Waals surface area contributed by atoms with E-state index in [0.717, 1.165) is 96.4 Å².